The fourth-order valence-electron chi connectivity index (χ4n) is 9.78. The Morgan fingerprint density at radius 2 is 0.479 bits per heavy atom. The third-order valence-electron chi connectivity index (χ3n) is 13.0. The van der Waals surface area contributed by atoms with Gasteiger partial charge in [-0.3, -0.25) is 0 Å². The number of nitrogens with one attached hydrogen (secondary N) is 4. The van der Waals surface area contributed by atoms with Gasteiger partial charge in [-0.05, 0) is 144 Å². The van der Waals surface area contributed by atoms with Gasteiger partial charge in [0.25, 0.3) is 0 Å². The number of fused-ring (bicyclic) bond motifs is 16. The van der Waals surface area contributed by atoms with E-state index in [1.807, 2.05) is 72.8 Å². The van der Waals surface area contributed by atoms with Crippen LogP contribution in [0.2, 0.25) is 0 Å². The van der Waals surface area contributed by atoms with Crippen molar-refractivity contribution in [1.82, 2.24) is 39.9 Å². The van der Waals surface area contributed by atoms with Crippen LogP contribution >= 0.6 is 0 Å². The Morgan fingerprint density at radius 3 is 0.726 bits per heavy atom. The van der Waals surface area contributed by atoms with Gasteiger partial charge < -0.3 is 19.9 Å². The first kappa shape index (κ1) is 44.9. The SMILES string of the molecule is C1=Cc2cc3ccc(cc4nc(cc5ccc(cc1n2)[nH]5)C=C4)[nH]3.C1=Cc2nc1c(-c1ccccc1)c1ccc([nH]1)c(-c1ccccc1)c1nc(c(-c3ccccc3)c3ccc([nH]3)c2-c2ccccc2)C=C1.[Zn]. The number of aromatic amines is 4. The van der Waals surface area contributed by atoms with Crippen LogP contribution in [-0.2, 0) is 19.5 Å². The van der Waals surface area contributed by atoms with Gasteiger partial charge >= 0.3 is 0 Å². The first-order valence-electron chi connectivity index (χ1n) is 24.0. The average molecular weight is 991 g/mol. The average Bonchev–Trinajstić information content (AvgIpc) is 4.27. The molecule has 10 aromatic rings. The summed E-state index contributed by atoms with van der Waals surface area (Å²) in [7, 11) is 0. The first-order chi connectivity index (χ1) is 35.6. The molecule has 8 nitrogen and oxygen atoms in total. The maximum Gasteiger partial charge on any atom is 0.0737 e. The van der Waals surface area contributed by atoms with E-state index >= 15 is 0 Å². The van der Waals surface area contributed by atoms with Gasteiger partial charge in [0.1, 0.15) is 0 Å². The second kappa shape index (κ2) is 19.5. The van der Waals surface area contributed by atoms with Crippen LogP contribution in [0.1, 0.15) is 45.6 Å². The quantitative estimate of drug-likeness (QED) is 0.132. The van der Waals surface area contributed by atoms with E-state index in [1.54, 1.807) is 0 Å². The Hall–Kier alpha value is -9.30. The summed E-state index contributed by atoms with van der Waals surface area (Å²) in [5.41, 5.74) is 24.0. The van der Waals surface area contributed by atoms with E-state index in [1.165, 1.54) is 0 Å². The monoisotopic (exact) mass is 988 g/mol. The van der Waals surface area contributed by atoms with Crippen molar-refractivity contribution >= 4 is 92.7 Å². The second-order valence-corrected chi connectivity index (χ2v) is 17.9. The molecule has 0 amide bonds. The molecule has 342 valence electrons. The normalized spacial score (nSPS) is 12.1. The molecule has 14 rings (SSSR count). The Balaban J connectivity index is 0.000000182. The zero-order chi connectivity index (χ0) is 47.8. The molecule has 16 bridgehead atoms. The fourth-order valence-corrected chi connectivity index (χ4v) is 9.78. The molecule has 0 spiro atoms. The summed E-state index contributed by atoms with van der Waals surface area (Å²) >= 11 is 0. The second-order valence-electron chi connectivity index (χ2n) is 17.9. The van der Waals surface area contributed by atoms with Gasteiger partial charge in [-0.2, -0.15) is 0 Å². The summed E-state index contributed by atoms with van der Waals surface area (Å²) in [4.78, 5) is 34.3. The molecular weight excluding hydrogens is 946 g/mol. The van der Waals surface area contributed by atoms with Gasteiger partial charge in [0.05, 0.1) is 45.6 Å². The minimum atomic E-state index is 0. The van der Waals surface area contributed by atoms with Crippen molar-refractivity contribution in [2.45, 2.75) is 0 Å². The van der Waals surface area contributed by atoms with Crippen molar-refractivity contribution in [3.8, 4) is 44.5 Å². The van der Waals surface area contributed by atoms with E-state index in [9.17, 15) is 0 Å². The summed E-state index contributed by atoms with van der Waals surface area (Å²) in [5, 5.41) is 0. The Kier molecular flexibility index (Phi) is 12.0. The topological polar surface area (TPSA) is 115 Å². The third-order valence-corrected chi connectivity index (χ3v) is 13.0. The van der Waals surface area contributed by atoms with Crippen LogP contribution in [-0.4, -0.2) is 39.9 Å². The van der Waals surface area contributed by atoms with Crippen LogP contribution in [0.4, 0.5) is 0 Å². The molecule has 9 heteroatoms. The Bertz CT molecular complexity index is 3670. The van der Waals surface area contributed by atoms with Gasteiger partial charge in [0.2, 0.25) is 0 Å². The first-order valence-corrected chi connectivity index (χ1v) is 24.0. The molecule has 0 unspecified atom stereocenters. The van der Waals surface area contributed by atoms with Crippen LogP contribution < -0.4 is 0 Å². The molecule has 4 aliphatic heterocycles. The number of rotatable bonds is 4. The fraction of sp³-hybridized carbons (Fsp3) is 0. The Morgan fingerprint density at radius 1 is 0.233 bits per heavy atom. The van der Waals surface area contributed by atoms with E-state index in [-0.39, 0.29) is 19.5 Å². The predicted octanol–water partition coefficient (Wildman–Crippen LogP) is 16.0. The summed E-state index contributed by atoms with van der Waals surface area (Å²) in [6.45, 7) is 0. The molecule has 4 N–H and O–H groups in total. The van der Waals surface area contributed by atoms with Crippen molar-refractivity contribution < 1.29 is 19.5 Å². The summed E-state index contributed by atoms with van der Waals surface area (Å²) in [6, 6.07) is 67.0. The molecule has 10 heterocycles. The summed E-state index contributed by atoms with van der Waals surface area (Å²) in [6.07, 6.45) is 16.6. The van der Waals surface area contributed by atoms with Crippen molar-refractivity contribution in [3.63, 3.8) is 0 Å². The van der Waals surface area contributed by atoms with E-state index in [2.05, 4.69) is 200 Å². The van der Waals surface area contributed by atoms with Gasteiger partial charge in [0, 0.05) is 85.9 Å². The molecule has 0 saturated heterocycles. The standard InChI is InChI=1S/C44H30N4.C20H14N4.Zn/c1-5-13-29(14-6-1)41-33-21-23-35(45-33)42(30-15-7-2-8-16-30)37-25-27-39(47-37)44(32-19-11-4-12-20-32)40-28-26-38(48-40)43(31-17-9-3-10-18-31)36-24-22-34(41)46-36;1-2-14-10-16-5-6-18(23-16)12-20-8-7-19(24-20)11-17-4-3-15(22-17)9-13(1)21-14;/h1-28,45,48H;1-12,21,24H;. The number of benzene rings is 4. The van der Waals surface area contributed by atoms with Crippen LogP contribution in [0.25, 0.3) is 137 Å². The van der Waals surface area contributed by atoms with Crippen molar-refractivity contribution in [1.29, 1.82) is 0 Å². The molecule has 0 fully saturated rings. The van der Waals surface area contributed by atoms with Crippen LogP contribution in [0.5, 0.6) is 0 Å². The number of aromatic nitrogens is 8. The van der Waals surface area contributed by atoms with E-state index in [4.69, 9.17) is 9.97 Å². The van der Waals surface area contributed by atoms with Gasteiger partial charge in [-0.15, -0.1) is 0 Å². The molecule has 4 aromatic carbocycles. The van der Waals surface area contributed by atoms with E-state index in [0.717, 1.165) is 134 Å². The van der Waals surface area contributed by atoms with Crippen molar-refractivity contribution in [3.05, 3.63) is 240 Å². The smallest absolute Gasteiger partial charge is 0.0737 e. The predicted molar refractivity (Wildman–Crippen MR) is 299 cm³/mol. The molecule has 6 aromatic heterocycles. The molecule has 0 saturated carbocycles. The minimum absolute atomic E-state index is 0. The number of hydrogen-bond acceptors (Lipinski definition) is 4. The maximum absolute atomic E-state index is 5.35. The maximum atomic E-state index is 5.35. The van der Waals surface area contributed by atoms with E-state index in [0.29, 0.717) is 0 Å². The molecular formula is C64H44N8Zn. The van der Waals surface area contributed by atoms with Gasteiger partial charge in [-0.1, -0.05) is 121 Å². The summed E-state index contributed by atoms with van der Waals surface area (Å²) < 4.78 is 0. The van der Waals surface area contributed by atoms with E-state index < -0.39 is 0 Å². The third kappa shape index (κ3) is 9.17. The Labute approximate surface area is 433 Å². The van der Waals surface area contributed by atoms with Crippen LogP contribution in [0, 0.1) is 0 Å². The summed E-state index contributed by atoms with van der Waals surface area (Å²) in [5.74, 6) is 0. The number of H-pyrrole nitrogens is 4. The van der Waals surface area contributed by atoms with Crippen LogP contribution in [0.15, 0.2) is 194 Å². The molecule has 0 radical (unpaired) electrons. The molecule has 4 aliphatic rings. The largest absolute Gasteiger partial charge is 0.355 e. The number of hydrogen-bond donors (Lipinski definition) is 4. The van der Waals surface area contributed by atoms with Gasteiger partial charge in [0.15, 0.2) is 0 Å². The van der Waals surface area contributed by atoms with Gasteiger partial charge in [-0.25, -0.2) is 19.9 Å². The molecule has 0 atom stereocenters. The number of nitrogens with zero attached hydrogens (tertiary/aromatic N) is 4. The van der Waals surface area contributed by atoms with Crippen LogP contribution in [0.3, 0.4) is 0 Å². The zero-order valence-electron chi connectivity index (χ0n) is 39.6. The van der Waals surface area contributed by atoms with Crippen molar-refractivity contribution in [2.24, 2.45) is 0 Å². The molecule has 73 heavy (non-hydrogen) atoms. The zero-order valence-corrected chi connectivity index (χ0v) is 42.6. The molecule has 0 aliphatic carbocycles. The van der Waals surface area contributed by atoms with Crippen molar-refractivity contribution in [2.75, 3.05) is 0 Å². The minimum Gasteiger partial charge on any atom is -0.355 e.